The number of carbonyl (C=O) groups excluding carboxylic acids is 7. The summed E-state index contributed by atoms with van der Waals surface area (Å²) in [4.78, 5) is 96.6. The van der Waals surface area contributed by atoms with E-state index in [1.807, 2.05) is 0 Å². The number of nitrogens with two attached hydrogens (primary N) is 2. The van der Waals surface area contributed by atoms with Gasteiger partial charge in [0.25, 0.3) is 0 Å². The van der Waals surface area contributed by atoms with Crippen molar-refractivity contribution in [3.8, 4) is 17.1 Å². The molecule has 1 aromatic heterocycles. The van der Waals surface area contributed by atoms with Crippen molar-refractivity contribution in [3.05, 3.63) is 65.5 Å². The molecule has 0 bridgehead atoms. The Morgan fingerprint density at radius 3 is 2.07 bits per heavy atom. The summed E-state index contributed by atoms with van der Waals surface area (Å²) in [6, 6.07) is 7.27. The number of rotatable bonds is 17. The van der Waals surface area contributed by atoms with Gasteiger partial charge in [-0.15, -0.1) is 20.4 Å². The van der Waals surface area contributed by atoms with Crippen molar-refractivity contribution < 1.29 is 43.8 Å². The zero-order chi connectivity index (χ0) is 44.3. The third kappa shape index (κ3) is 15.2. The summed E-state index contributed by atoms with van der Waals surface area (Å²) in [5.74, 6) is -5.39. The number of aliphatic imine (C=N–C) groups is 1. The largest absolute Gasteiger partial charge is 0.508 e. The zero-order valence-corrected chi connectivity index (χ0v) is 33.5. The summed E-state index contributed by atoms with van der Waals surface area (Å²) in [5, 5.41) is 51.0. The standard InChI is InChI=1S/C39H51N13O9/c1-22-49-51-34(52-50-22)25-11-7-24(8-12-25)18-31(56)42-15-3-2-5-29-36(59)45-28(6-4-16-43-39(40)41)35(58)44-19-32(57)48-33(26(20-53)21-54)38(61)47-30(37(60)46-29)17-23-9-13-27(55)14-10-23/h7-14,20,26,28-30,33,54-55H,2-6,15-19,21H2,1H3,(H,42,56)(H,44,58)(H,45,59)(H,46,60)(H,47,61)(H,48,57)(H4,40,41,43)/t26?,28-,29+,30-,33+/m1/s1. The van der Waals surface area contributed by atoms with E-state index in [-0.39, 0.29) is 69.1 Å². The molecule has 12 N–H and O–H groups in total. The first-order valence-electron chi connectivity index (χ1n) is 19.5. The number of hydrogen-bond acceptors (Lipinski definition) is 14. The maximum atomic E-state index is 14.0. The molecule has 326 valence electrons. The van der Waals surface area contributed by atoms with Crippen LogP contribution in [0.2, 0.25) is 0 Å². The van der Waals surface area contributed by atoms with Gasteiger partial charge in [-0.1, -0.05) is 36.4 Å². The summed E-state index contributed by atoms with van der Waals surface area (Å²) >= 11 is 0. The van der Waals surface area contributed by atoms with Gasteiger partial charge in [0.2, 0.25) is 41.3 Å². The van der Waals surface area contributed by atoms with Crippen molar-refractivity contribution in [3.63, 3.8) is 0 Å². The maximum Gasteiger partial charge on any atom is 0.244 e. The zero-order valence-electron chi connectivity index (χ0n) is 33.5. The molecule has 1 fully saturated rings. The van der Waals surface area contributed by atoms with Crippen LogP contribution >= 0.6 is 0 Å². The highest BCUT2D eigenvalue weighted by molar-refractivity contribution is 5.98. The van der Waals surface area contributed by atoms with Gasteiger partial charge in [-0.2, -0.15) is 0 Å². The van der Waals surface area contributed by atoms with E-state index in [0.29, 0.717) is 35.6 Å². The van der Waals surface area contributed by atoms with Gasteiger partial charge in [0.05, 0.1) is 25.5 Å². The van der Waals surface area contributed by atoms with Crippen LogP contribution in [0, 0.1) is 12.8 Å². The van der Waals surface area contributed by atoms with Gasteiger partial charge in [0.15, 0.2) is 11.8 Å². The number of unbranched alkanes of at least 4 members (excludes halogenated alkanes) is 1. The number of phenols is 1. The van der Waals surface area contributed by atoms with Crippen LogP contribution in [0.3, 0.4) is 0 Å². The molecule has 1 aliphatic rings. The molecular weight excluding hydrogens is 795 g/mol. The van der Waals surface area contributed by atoms with Gasteiger partial charge in [0.1, 0.15) is 36.2 Å². The van der Waals surface area contributed by atoms with Crippen molar-refractivity contribution in [1.29, 1.82) is 0 Å². The van der Waals surface area contributed by atoms with Crippen molar-refractivity contribution in [2.75, 3.05) is 26.2 Å². The number of hydrogen-bond donors (Lipinski definition) is 10. The predicted octanol–water partition coefficient (Wildman–Crippen LogP) is -3.05. The third-order valence-electron chi connectivity index (χ3n) is 9.45. The monoisotopic (exact) mass is 845 g/mol. The molecule has 0 saturated carbocycles. The molecule has 6 amide bonds. The van der Waals surface area contributed by atoms with Gasteiger partial charge < -0.3 is 58.4 Å². The average molecular weight is 846 g/mol. The van der Waals surface area contributed by atoms with Gasteiger partial charge in [-0.3, -0.25) is 33.8 Å². The number of carbonyl (C=O) groups is 7. The fourth-order valence-electron chi connectivity index (χ4n) is 6.15. The van der Waals surface area contributed by atoms with Crippen LogP contribution in [0.4, 0.5) is 0 Å². The minimum absolute atomic E-state index is 0.0173. The molecule has 2 heterocycles. The molecular formula is C39H51N13O9. The molecule has 5 atom stereocenters. The van der Waals surface area contributed by atoms with E-state index < -0.39 is 72.8 Å². The van der Waals surface area contributed by atoms with Crippen molar-refractivity contribution in [2.45, 2.75) is 76.0 Å². The second-order valence-corrected chi connectivity index (χ2v) is 14.2. The highest BCUT2D eigenvalue weighted by Gasteiger charge is 2.35. The Morgan fingerprint density at radius 1 is 0.820 bits per heavy atom. The number of aromatic hydroxyl groups is 1. The number of aliphatic hydroxyl groups is 1. The van der Waals surface area contributed by atoms with Crippen LogP contribution in [0.5, 0.6) is 5.75 Å². The van der Waals surface area contributed by atoms with Gasteiger partial charge in [0, 0.05) is 25.1 Å². The second-order valence-electron chi connectivity index (χ2n) is 14.2. The van der Waals surface area contributed by atoms with Crippen molar-refractivity contribution >= 4 is 47.7 Å². The van der Waals surface area contributed by atoms with E-state index in [4.69, 9.17) is 11.5 Å². The molecule has 1 unspecified atom stereocenters. The topological polar surface area (TPSA) is 348 Å². The smallest absolute Gasteiger partial charge is 0.244 e. The van der Waals surface area contributed by atoms with Crippen LogP contribution in [-0.4, -0.2) is 129 Å². The Bertz CT molecular complexity index is 2010. The number of aldehydes is 1. The lowest BCUT2D eigenvalue weighted by molar-refractivity contribution is -0.135. The van der Waals surface area contributed by atoms with E-state index in [1.54, 1.807) is 31.2 Å². The van der Waals surface area contributed by atoms with E-state index in [9.17, 15) is 43.8 Å². The Morgan fingerprint density at radius 2 is 1.43 bits per heavy atom. The molecule has 0 radical (unpaired) electrons. The fraction of sp³-hybridized carbons (Fsp3) is 0.436. The first-order valence-corrected chi connectivity index (χ1v) is 19.5. The molecule has 1 saturated heterocycles. The molecule has 1 aliphatic heterocycles. The maximum absolute atomic E-state index is 14.0. The molecule has 22 heteroatoms. The molecule has 3 aromatic rings. The Labute approximate surface area is 350 Å². The molecule has 4 rings (SSSR count). The Balaban J connectivity index is 1.51. The lowest BCUT2D eigenvalue weighted by Gasteiger charge is -2.27. The second kappa shape index (κ2) is 23.5. The third-order valence-corrected chi connectivity index (χ3v) is 9.45. The quantitative estimate of drug-likeness (QED) is 0.0279. The number of aliphatic hydroxyl groups excluding tert-OH is 1. The minimum atomic E-state index is -1.66. The number of phenolic OH excluding ortho intramolecular Hbond substituents is 1. The van der Waals surface area contributed by atoms with E-state index in [0.717, 1.165) is 5.56 Å². The SMILES string of the molecule is Cc1nnc(-c2ccc(CC(=O)NCCCC[C@@H]3NC(=O)[C@@H](Cc4ccc(O)cc4)NC(=O)[C@H](C(C=O)CO)NC(=O)CNC(=O)[C@@H](CCCN=C(N)N)NC3=O)cc2)nn1. The Hall–Kier alpha value is -7.10. The number of aryl methyl sites for hydroxylation is 1. The predicted molar refractivity (Wildman–Crippen MR) is 217 cm³/mol. The fourth-order valence-corrected chi connectivity index (χ4v) is 6.15. The van der Waals surface area contributed by atoms with E-state index >= 15 is 0 Å². The first kappa shape index (κ1) is 46.6. The molecule has 0 aliphatic carbocycles. The molecule has 61 heavy (non-hydrogen) atoms. The highest BCUT2D eigenvalue weighted by atomic mass is 16.3. The summed E-state index contributed by atoms with van der Waals surface area (Å²) < 4.78 is 0. The summed E-state index contributed by atoms with van der Waals surface area (Å²) in [7, 11) is 0. The summed E-state index contributed by atoms with van der Waals surface area (Å²) in [5.41, 5.74) is 12.8. The molecule has 0 spiro atoms. The van der Waals surface area contributed by atoms with Crippen LogP contribution in [-0.2, 0) is 46.4 Å². The molecule has 22 nitrogen and oxygen atoms in total. The number of nitrogens with zero attached hydrogens (tertiary/aromatic N) is 5. The molecule has 2 aromatic carbocycles. The van der Waals surface area contributed by atoms with Gasteiger partial charge in [-0.25, -0.2) is 0 Å². The lowest BCUT2D eigenvalue weighted by atomic mass is 9.99. The summed E-state index contributed by atoms with van der Waals surface area (Å²) in [6.45, 7) is 0.504. The van der Waals surface area contributed by atoms with Crippen LogP contribution in [0.25, 0.3) is 11.4 Å². The number of benzene rings is 2. The van der Waals surface area contributed by atoms with E-state index in [1.165, 1.54) is 24.3 Å². The van der Waals surface area contributed by atoms with E-state index in [2.05, 4.69) is 57.3 Å². The average Bonchev–Trinajstić information content (AvgIpc) is 3.24. The van der Waals surface area contributed by atoms with Crippen LogP contribution in [0.15, 0.2) is 53.5 Å². The van der Waals surface area contributed by atoms with Crippen molar-refractivity contribution in [1.82, 2.24) is 52.3 Å². The Kier molecular flexibility index (Phi) is 17.9. The minimum Gasteiger partial charge on any atom is -0.508 e. The number of amides is 6. The normalized spacial score (nSPS) is 19.3. The number of guanidine groups is 1. The number of aromatic nitrogens is 4. The van der Waals surface area contributed by atoms with Crippen LogP contribution in [0.1, 0.15) is 49.1 Å². The van der Waals surface area contributed by atoms with Gasteiger partial charge in [-0.05, 0) is 62.3 Å². The summed E-state index contributed by atoms with van der Waals surface area (Å²) in [6.07, 6.45) is 1.17. The van der Waals surface area contributed by atoms with Gasteiger partial charge >= 0.3 is 0 Å². The number of nitrogens with one attached hydrogen (secondary N) is 6. The highest BCUT2D eigenvalue weighted by Crippen LogP contribution is 2.16. The van der Waals surface area contributed by atoms with Crippen LogP contribution < -0.4 is 43.4 Å². The first-order chi connectivity index (χ1) is 29.3. The van der Waals surface area contributed by atoms with Crippen molar-refractivity contribution in [2.24, 2.45) is 22.4 Å². The lowest BCUT2D eigenvalue weighted by Crippen LogP contribution is -2.59.